The van der Waals surface area contributed by atoms with Gasteiger partial charge in [0.15, 0.2) is 5.82 Å². The highest BCUT2D eigenvalue weighted by Crippen LogP contribution is 2.16. The standard InChI is InChI=1S/C10H8FN3O2/c11-8-3-1-7(2-4-8)9-13-5-6-14(9)16-10(12)15/h1-6H,(H2,12,15). The van der Waals surface area contributed by atoms with Gasteiger partial charge < -0.3 is 10.6 Å². The van der Waals surface area contributed by atoms with E-state index in [2.05, 4.69) is 9.82 Å². The van der Waals surface area contributed by atoms with Gasteiger partial charge >= 0.3 is 6.09 Å². The van der Waals surface area contributed by atoms with Gasteiger partial charge in [0.1, 0.15) is 5.82 Å². The van der Waals surface area contributed by atoms with E-state index in [0.29, 0.717) is 11.4 Å². The van der Waals surface area contributed by atoms with Crippen molar-refractivity contribution in [2.45, 2.75) is 0 Å². The Hall–Kier alpha value is -2.37. The Morgan fingerprint density at radius 3 is 2.69 bits per heavy atom. The number of aromatic nitrogens is 2. The van der Waals surface area contributed by atoms with Gasteiger partial charge in [0, 0.05) is 11.8 Å². The van der Waals surface area contributed by atoms with E-state index in [-0.39, 0.29) is 5.82 Å². The summed E-state index contributed by atoms with van der Waals surface area (Å²) < 4.78 is 13.8. The second kappa shape index (κ2) is 4.01. The number of primary amides is 1. The Morgan fingerprint density at radius 1 is 1.38 bits per heavy atom. The van der Waals surface area contributed by atoms with Crippen LogP contribution in [-0.2, 0) is 0 Å². The molecule has 5 nitrogen and oxygen atoms in total. The van der Waals surface area contributed by atoms with E-state index in [0.717, 1.165) is 4.73 Å². The highest BCUT2D eigenvalue weighted by atomic mass is 19.1. The molecule has 0 spiro atoms. The number of halogens is 1. The fourth-order valence-electron chi connectivity index (χ4n) is 1.26. The molecular weight excluding hydrogens is 213 g/mol. The number of carbonyl (C=O) groups is 1. The summed E-state index contributed by atoms with van der Waals surface area (Å²) in [5.41, 5.74) is 5.50. The molecule has 0 radical (unpaired) electrons. The van der Waals surface area contributed by atoms with Crippen molar-refractivity contribution in [3.8, 4) is 11.4 Å². The molecule has 0 atom stereocenters. The van der Waals surface area contributed by atoms with Gasteiger partial charge in [0.05, 0.1) is 6.20 Å². The number of nitrogens with two attached hydrogens (primary N) is 1. The van der Waals surface area contributed by atoms with Crippen LogP contribution in [0.2, 0.25) is 0 Å². The molecule has 0 aliphatic heterocycles. The van der Waals surface area contributed by atoms with Crippen molar-refractivity contribution in [3.63, 3.8) is 0 Å². The third-order valence-corrected chi connectivity index (χ3v) is 1.90. The molecule has 2 N–H and O–H groups in total. The number of imidazole rings is 1. The maximum Gasteiger partial charge on any atom is 0.429 e. The van der Waals surface area contributed by atoms with Crippen molar-refractivity contribution in [2.24, 2.45) is 5.73 Å². The monoisotopic (exact) mass is 221 g/mol. The lowest BCUT2D eigenvalue weighted by atomic mass is 10.2. The molecule has 1 heterocycles. The molecule has 1 amide bonds. The van der Waals surface area contributed by atoms with Crippen molar-refractivity contribution in [1.29, 1.82) is 0 Å². The number of hydrogen-bond donors (Lipinski definition) is 1. The lowest BCUT2D eigenvalue weighted by Gasteiger charge is -2.05. The van der Waals surface area contributed by atoms with E-state index in [1.54, 1.807) is 0 Å². The highest BCUT2D eigenvalue weighted by molar-refractivity contribution is 5.65. The largest absolute Gasteiger partial charge is 0.429 e. The first-order chi connectivity index (χ1) is 7.66. The highest BCUT2D eigenvalue weighted by Gasteiger charge is 2.08. The van der Waals surface area contributed by atoms with E-state index in [1.165, 1.54) is 36.7 Å². The fraction of sp³-hybridized carbons (Fsp3) is 0. The van der Waals surface area contributed by atoms with Crippen molar-refractivity contribution >= 4 is 6.09 Å². The molecule has 0 fully saturated rings. The van der Waals surface area contributed by atoms with Crippen molar-refractivity contribution in [3.05, 3.63) is 42.5 Å². The predicted octanol–water partition coefficient (Wildman–Crippen LogP) is 1.20. The number of hydrogen-bond acceptors (Lipinski definition) is 3. The summed E-state index contributed by atoms with van der Waals surface area (Å²) in [5, 5.41) is 0. The van der Waals surface area contributed by atoms with Gasteiger partial charge in [-0.2, -0.15) is 4.73 Å². The molecule has 2 rings (SSSR count). The van der Waals surface area contributed by atoms with Crippen LogP contribution in [0, 0.1) is 5.82 Å². The zero-order chi connectivity index (χ0) is 11.5. The Kier molecular flexibility index (Phi) is 2.55. The van der Waals surface area contributed by atoms with Crippen LogP contribution in [0.15, 0.2) is 36.7 Å². The first-order valence-corrected chi connectivity index (χ1v) is 4.44. The summed E-state index contributed by atoms with van der Waals surface area (Å²) in [6, 6.07) is 5.63. The third-order valence-electron chi connectivity index (χ3n) is 1.90. The number of benzene rings is 1. The number of amides is 1. The zero-order valence-electron chi connectivity index (χ0n) is 8.13. The topological polar surface area (TPSA) is 70.1 Å². The third kappa shape index (κ3) is 2.00. The van der Waals surface area contributed by atoms with Gasteiger partial charge in [-0.15, -0.1) is 0 Å². The Bertz CT molecular complexity index is 507. The average molecular weight is 221 g/mol. The van der Waals surface area contributed by atoms with Crippen LogP contribution in [-0.4, -0.2) is 15.8 Å². The molecule has 0 saturated heterocycles. The summed E-state index contributed by atoms with van der Waals surface area (Å²) in [4.78, 5) is 19.2. The minimum atomic E-state index is -0.943. The van der Waals surface area contributed by atoms with Crippen molar-refractivity contribution in [1.82, 2.24) is 9.71 Å². The maximum absolute atomic E-state index is 12.7. The normalized spacial score (nSPS) is 10.1. The van der Waals surface area contributed by atoms with E-state index in [9.17, 15) is 9.18 Å². The molecule has 0 bridgehead atoms. The predicted molar refractivity (Wildman–Crippen MR) is 53.8 cm³/mol. The van der Waals surface area contributed by atoms with Gasteiger partial charge in [-0.25, -0.2) is 14.2 Å². The number of nitrogens with zero attached hydrogens (tertiary/aromatic N) is 2. The van der Waals surface area contributed by atoms with Gasteiger partial charge in [-0.3, -0.25) is 0 Å². The average Bonchev–Trinajstić information content (AvgIpc) is 2.66. The van der Waals surface area contributed by atoms with Crippen LogP contribution in [0.25, 0.3) is 11.4 Å². The molecule has 6 heteroatoms. The van der Waals surface area contributed by atoms with Gasteiger partial charge in [0.25, 0.3) is 0 Å². The molecule has 1 aromatic carbocycles. The summed E-state index contributed by atoms with van der Waals surface area (Å²) in [6.07, 6.45) is 1.94. The Balaban J connectivity index is 2.36. The van der Waals surface area contributed by atoms with Crippen LogP contribution in [0.1, 0.15) is 0 Å². The van der Waals surface area contributed by atoms with Crippen LogP contribution in [0.5, 0.6) is 0 Å². The lowest BCUT2D eigenvalue weighted by molar-refractivity contribution is 0.145. The quantitative estimate of drug-likeness (QED) is 0.828. The van der Waals surface area contributed by atoms with E-state index < -0.39 is 6.09 Å². The molecule has 0 aliphatic carbocycles. The van der Waals surface area contributed by atoms with Crippen LogP contribution >= 0.6 is 0 Å². The molecule has 0 saturated carbocycles. The molecule has 16 heavy (non-hydrogen) atoms. The van der Waals surface area contributed by atoms with Crippen molar-refractivity contribution in [2.75, 3.05) is 0 Å². The van der Waals surface area contributed by atoms with Crippen LogP contribution in [0.3, 0.4) is 0 Å². The molecule has 82 valence electrons. The lowest BCUT2D eigenvalue weighted by Crippen LogP contribution is -2.25. The molecule has 1 aromatic heterocycles. The second-order valence-corrected chi connectivity index (χ2v) is 2.99. The second-order valence-electron chi connectivity index (χ2n) is 2.99. The number of rotatable bonds is 2. The first-order valence-electron chi connectivity index (χ1n) is 4.44. The fourth-order valence-corrected chi connectivity index (χ4v) is 1.26. The van der Waals surface area contributed by atoms with E-state index in [4.69, 9.17) is 5.73 Å². The SMILES string of the molecule is NC(=O)On1ccnc1-c1ccc(F)cc1. The van der Waals surface area contributed by atoms with Gasteiger partial charge in [-0.05, 0) is 24.3 Å². The first kappa shape index (κ1) is 10.2. The summed E-state index contributed by atoms with van der Waals surface area (Å²) in [7, 11) is 0. The Morgan fingerprint density at radius 2 is 2.06 bits per heavy atom. The maximum atomic E-state index is 12.7. The smallest absolute Gasteiger partial charge is 0.333 e. The van der Waals surface area contributed by atoms with E-state index >= 15 is 0 Å². The molecular formula is C10H8FN3O2. The summed E-state index contributed by atoms with van der Waals surface area (Å²) >= 11 is 0. The summed E-state index contributed by atoms with van der Waals surface area (Å²) in [5.74, 6) is 0.0245. The van der Waals surface area contributed by atoms with Crippen LogP contribution < -0.4 is 10.6 Å². The van der Waals surface area contributed by atoms with Crippen molar-refractivity contribution < 1.29 is 14.0 Å². The minimum Gasteiger partial charge on any atom is -0.333 e. The number of carbonyl (C=O) groups excluding carboxylic acids is 1. The van der Waals surface area contributed by atoms with E-state index in [1.807, 2.05) is 0 Å². The van der Waals surface area contributed by atoms with Gasteiger partial charge in [-0.1, -0.05) is 0 Å². The minimum absolute atomic E-state index is 0.349. The molecule has 0 aliphatic rings. The zero-order valence-corrected chi connectivity index (χ0v) is 8.13. The molecule has 0 unspecified atom stereocenters. The Labute approximate surface area is 90.2 Å². The molecule has 2 aromatic rings. The van der Waals surface area contributed by atoms with Crippen LogP contribution in [0.4, 0.5) is 9.18 Å². The van der Waals surface area contributed by atoms with Gasteiger partial charge in [0.2, 0.25) is 0 Å². The summed E-state index contributed by atoms with van der Waals surface area (Å²) in [6.45, 7) is 0.